The number of hydrogen-bond acceptors (Lipinski definition) is 2. The third-order valence-electron chi connectivity index (χ3n) is 4.74. The van der Waals surface area contributed by atoms with Crippen LogP contribution in [-0.4, -0.2) is 24.0 Å². The molecular weight excluding hydrogens is 270 g/mol. The monoisotopic (exact) mass is 297 g/mol. The molecule has 3 rings (SSSR count). The summed E-state index contributed by atoms with van der Waals surface area (Å²) in [7, 11) is 0. The van der Waals surface area contributed by atoms with Crippen molar-refractivity contribution >= 4 is 11.0 Å². The number of rotatable bonds is 5. The molecule has 0 saturated carbocycles. The minimum atomic E-state index is 0.662. The van der Waals surface area contributed by atoms with Crippen LogP contribution < -0.4 is 0 Å². The Balaban J connectivity index is 1.80. The molecule has 22 heavy (non-hydrogen) atoms. The molecule has 0 amide bonds. The smallest absolute Gasteiger partial charge is 0.134 e. The summed E-state index contributed by atoms with van der Waals surface area (Å²) in [6, 6.07) is 7.32. The number of allylic oxidation sites excluding steroid dienone is 1. The zero-order chi connectivity index (χ0) is 15.5. The highest BCUT2D eigenvalue weighted by molar-refractivity contribution is 5.79. The molecule has 0 unspecified atom stereocenters. The maximum absolute atomic E-state index is 5.58. The molecule has 0 fully saturated rings. The Morgan fingerprint density at radius 2 is 2.18 bits per heavy atom. The molecule has 0 N–H and O–H groups in total. The van der Waals surface area contributed by atoms with E-state index in [9.17, 15) is 0 Å². The van der Waals surface area contributed by atoms with Crippen molar-refractivity contribution in [1.29, 1.82) is 0 Å². The van der Waals surface area contributed by atoms with Crippen molar-refractivity contribution in [2.45, 2.75) is 52.5 Å². The zero-order valence-electron chi connectivity index (χ0n) is 14.1. The molecule has 1 aliphatic carbocycles. The van der Waals surface area contributed by atoms with E-state index in [4.69, 9.17) is 4.42 Å². The van der Waals surface area contributed by atoms with E-state index in [1.165, 1.54) is 47.9 Å². The number of fused-ring (bicyclic) bond motifs is 2. The lowest BCUT2D eigenvalue weighted by Crippen LogP contribution is -2.40. The molecule has 0 bridgehead atoms. The van der Waals surface area contributed by atoms with Crippen LogP contribution in [-0.2, 0) is 12.8 Å². The molecule has 0 aliphatic heterocycles. The van der Waals surface area contributed by atoms with Crippen molar-refractivity contribution in [2.24, 2.45) is 0 Å². The van der Waals surface area contributed by atoms with E-state index in [1.807, 2.05) is 0 Å². The van der Waals surface area contributed by atoms with Gasteiger partial charge in [-0.15, -0.1) is 0 Å². The van der Waals surface area contributed by atoms with E-state index in [0.717, 1.165) is 18.5 Å². The predicted octanol–water partition coefficient (Wildman–Crippen LogP) is 4.97. The number of aryl methyl sites for hydroxylation is 1. The quantitative estimate of drug-likeness (QED) is 0.725. The molecule has 118 valence electrons. The molecule has 1 aromatic carbocycles. The second-order valence-corrected chi connectivity index (χ2v) is 6.75. The van der Waals surface area contributed by atoms with Gasteiger partial charge in [-0.05, 0) is 75.4 Å². The Bertz CT molecular complexity index is 663. The van der Waals surface area contributed by atoms with Gasteiger partial charge in [0.15, 0.2) is 0 Å². The van der Waals surface area contributed by atoms with Gasteiger partial charge in [0.2, 0.25) is 0 Å². The van der Waals surface area contributed by atoms with Gasteiger partial charge in [-0.25, -0.2) is 0 Å². The molecule has 1 aliphatic rings. The summed E-state index contributed by atoms with van der Waals surface area (Å²) >= 11 is 0. The Labute approximate surface area is 133 Å². The van der Waals surface area contributed by atoms with Crippen molar-refractivity contribution in [3.63, 3.8) is 0 Å². The van der Waals surface area contributed by atoms with Crippen molar-refractivity contribution < 1.29 is 4.42 Å². The minimum Gasteiger partial charge on any atom is -0.464 e. The SMILES string of the molecule is CCCN(CC=C(C)C)[C@H]1CCc2cc3ccoc3cc2C1. The summed E-state index contributed by atoms with van der Waals surface area (Å²) in [5.41, 5.74) is 5.45. The van der Waals surface area contributed by atoms with E-state index in [2.05, 4.69) is 49.9 Å². The van der Waals surface area contributed by atoms with Gasteiger partial charge in [-0.1, -0.05) is 18.6 Å². The van der Waals surface area contributed by atoms with Gasteiger partial charge in [0.25, 0.3) is 0 Å². The minimum absolute atomic E-state index is 0.662. The van der Waals surface area contributed by atoms with E-state index in [0.29, 0.717) is 6.04 Å². The standard InChI is InChI=1S/C20H27NO/c1-4-9-21(10-7-15(2)3)19-6-5-16-12-17-8-11-22-20(17)14-18(16)13-19/h7-8,11-12,14,19H,4-6,9-10,13H2,1-3H3/t19-/m0/s1. The molecule has 2 heteroatoms. The highest BCUT2D eigenvalue weighted by atomic mass is 16.3. The second-order valence-electron chi connectivity index (χ2n) is 6.75. The number of furan rings is 1. The average molecular weight is 297 g/mol. The lowest BCUT2D eigenvalue weighted by molar-refractivity contribution is 0.199. The fourth-order valence-corrected chi connectivity index (χ4v) is 3.52. The van der Waals surface area contributed by atoms with Crippen molar-refractivity contribution in [2.75, 3.05) is 13.1 Å². The van der Waals surface area contributed by atoms with Crippen LogP contribution in [0.5, 0.6) is 0 Å². The zero-order valence-corrected chi connectivity index (χ0v) is 14.1. The van der Waals surface area contributed by atoms with Gasteiger partial charge in [0.1, 0.15) is 5.58 Å². The summed E-state index contributed by atoms with van der Waals surface area (Å²) in [5, 5.41) is 1.24. The first kappa shape index (κ1) is 15.4. The van der Waals surface area contributed by atoms with Crippen molar-refractivity contribution in [3.05, 3.63) is 47.2 Å². The third kappa shape index (κ3) is 3.27. The first-order valence-corrected chi connectivity index (χ1v) is 8.53. The van der Waals surface area contributed by atoms with Crippen LogP contribution in [0.25, 0.3) is 11.0 Å². The summed E-state index contributed by atoms with van der Waals surface area (Å²) in [6.45, 7) is 8.92. The van der Waals surface area contributed by atoms with E-state index in [1.54, 1.807) is 6.26 Å². The van der Waals surface area contributed by atoms with Crippen LogP contribution >= 0.6 is 0 Å². The molecule has 1 heterocycles. The van der Waals surface area contributed by atoms with Crippen molar-refractivity contribution in [1.82, 2.24) is 4.90 Å². The van der Waals surface area contributed by atoms with E-state index in [-0.39, 0.29) is 0 Å². The molecule has 2 aromatic rings. The normalized spacial score (nSPS) is 17.7. The maximum Gasteiger partial charge on any atom is 0.134 e. The van der Waals surface area contributed by atoms with Crippen LogP contribution in [0.4, 0.5) is 0 Å². The number of nitrogens with zero attached hydrogens (tertiary/aromatic N) is 1. The molecule has 0 radical (unpaired) electrons. The van der Waals surface area contributed by atoms with Gasteiger partial charge in [-0.3, -0.25) is 4.90 Å². The molecule has 0 spiro atoms. The summed E-state index contributed by atoms with van der Waals surface area (Å²) in [4.78, 5) is 2.66. The number of benzene rings is 1. The van der Waals surface area contributed by atoms with Crippen LogP contribution in [0.15, 0.2) is 40.5 Å². The van der Waals surface area contributed by atoms with Gasteiger partial charge >= 0.3 is 0 Å². The summed E-state index contributed by atoms with van der Waals surface area (Å²) in [5.74, 6) is 0. The summed E-state index contributed by atoms with van der Waals surface area (Å²) < 4.78 is 5.58. The van der Waals surface area contributed by atoms with E-state index >= 15 is 0 Å². The lowest BCUT2D eigenvalue weighted by Gasteiger charge is -2.34. The van der Waals surface area contributed by atoms with Crippen LogP contribution in [0.1, 0.15) is 44.7 Å². The summed E-state index contributed by atoms with van der Waals surface area (Å²) in [6.07, 6.45) is 9.00. The van der Waals surface area contributed by atoms with Crippen LogP contribution in [0.3, 0.4) is 0 Å². The molecular formula is C20H27NO. The maximum atomic E-state index is 5.58. The van der Waals surface area contributed by atoms with Crippen molar-refractivity contribution in [3.8, 4) is 0 Å². The van der Waals surface area contributed by atoms with E-state index < -0.39 is 0 Å². The predicted molar refractivity (Wildman–Crippen MR) is 93.3 cm³/mol. The van der Waals surface area contributed by atoms with Gasteiger partial charge < -0.3 is 4.42 Å². The Morgan fingerprint density at radius 3 is 2.95 bits per heavy atom. The molecule has 2 nitrogen and oxygen atoms in total. The van der Waals surface area contributed by atoms with Gasteiger partial charge in [0.05, 0.1) is 6.26 Å². The van der Waals surface area contributed by atoms with Gasteiger partial charge in [-0.2, -0.15) is 0 Å². The molecule has 1 aromatic heterocycles. The fourth-order valence-electron chi connectivity index (χ4n) is 3.52. The van der Waals surface area contributed by atoms with Crippen LogP contribution in [0.2, 0.25) is 0 Å². The average Bonchev–Trinajstić information content (AvgIpc) is 2.95. The van der Waals surface area contributed by atoms with Crippen LogP contribution in [0, 0.1) is 0 Å². The first-order valence-electron chi connectivity index (χ1n) is 8.53. The highest BCUT2D eigenvalue weighted by Crippen LogP contribution is 2.29. The highest BCUT2D eigenvalue weighted by Gasteiger charge is 2.24. The number of hydrogen-bond donors (Lipinski definition) is 0. The Hall–Kier alpha value is -1.54. The molecule has 0 saturated heterocycles. The largest absolute Gasteiger partial charge is 0.464 e. The second kappa shape index (κ2) is 6.70. The van der Waals surface area contributed by atoms with Gasteiger partial charge in [0, 0.05) is 18.0 Å². The lowest BCUT2D eigenvalue weighted by atomic mass is 9.86. The third-order valence-corrected chi connectivity index (χ3v) is 4.74. The Kier molecular flexibility index (Phi) is 4.68. The fraction of sp³-hybridized carbons (Fsp3) is 0.500. The first-order chi connectivity index (χ1) is 10.7. The Morgan fingerprint density at radius 1 is 1.32 bits per heavy atom. The molecule has 1 atom stereocenters. The topological polar surface area (TPSA) is 16.4 Å².